The van der Waals surface area contributed by atoms with Crippen LogP contribution in [0.4, 0.5) is 0 Å². The van der Waals surface area contributed by atoms with Crippen LogP contribution in [-0.4, -0.2) is 38.9 Å². The number of nitrogens with one attached hydrogen (secondary N) is 1. The molecule has 0 aliphatic rings. The number of benzene rings is 2. The number of fused-ring (bicyclic) bond motifs is 1. The summed E-state index contributed by atoms with van der Waals surface area (Å²) in [5.74, 6) is -0.176. The fourth-order valence-electron chi connectivity index (χ4n) is 2.37. The number of carbonyl (C=O) groups excluding carboxylic acids is 1. The molecule has 1 unspecified atom stereocenters. The van der Waals surface area contributed by atoms with Crippen molar-refractivity contribution in [3.8, 4) is 0 Å². The van der Waals surface area contributed by atoms with Crippen molar-refractivity contribution in [2.45, 2.75) is 13.0 Å². The lowest BCUT2D eigenvalue weighted by Gasteiger charge is -2.18. The summed E-state index contributed by atoms with van der Waals surface area (Å²) in [6.45, 7) is 3.81. The van der Waals surface area contributed by atoms with Crippen LogP contribution < -0.4 is 11.1 Å². The van der Waals surface area contributed by atoms with E-state index in [1.807, 2.05) is 37.3 Å². The molecule has 124 valence electrons. The van der Waals surface area contributed by atoms with E-state index in [1.165, 1.54) is 0 Å². The first-order chi connectivity index (χ1) is 11.2. The van der Waals surface area contributed by atoms with Crippen LogP contribution in [-0.2, 0) is 14.3 Å². The van der Waals surface area contributed by atoms with Crippen LogP contribution in [0.15, 0.2) is 42.5 Å². The van der Waals surface area contributed by atoms with Crippen molar-refractivity contribution in [2.24, 2.45) is 5.73 Å². The summed E-state index contributed by atoms with van der Waals surface area (Å²) in [6, 6.07) is 14.0. The van der Waals surface area contributed by atoms with E-state index in [9.17, 15) is 4.79 Å². The van der Waals surface area contributed by atoms with Gasteiger partial charge in [-0.25, -0.2) is 0 Å². The van der Waals surface area contributed by atoms with E-state index in [0.717, 1.165) is 16.3 Å². The van der Waals surface area contributed by atoms with Crippen LogP contribution in [0.25, 0.3) is 10.8 Å². The molecule has 0 bridgehead atoms. The average Bonchev–Trinajstić information content (AvgIpc) is 2.59. The highest BCUT2D eigenvalue weighted by atomic mass is 16.5. The Morgan fingerprint density at radius 1 is 1.13 bits per heavy atom. The highest BCUT2D eigenvalue weighted by molar-refractivity contribution is 5.83. The zero-order valence-electron chi connectivity index (χ0n) is 13.5. The van der Waals surface area contributed by atoms with Gasteiger partial charge in [-0.2, -0.15) is 0 Å². The third kappa shape index (κ3) is 5.32. The molecule has 0 aromatic heterocycles. The van der Waals surface area contributed by atoms with Gasteiger partial charge in [0.15, 0.2) is 0 Å². The second-order valence-corrected chi connectivity index (χ2v) is 5.21. The summed E-state index contributed by atoms with van der Waals surface area (Å²) in [5.41, 5.74) is 6.81. The Morgan fingerprint density at radius 3 is 2.61 bits per heavy atom. The molecule has 2 aromatic carbocycles. The molecular formula is C18H24N2O3. The summed E-state index contributed by atoms with van der Waals surface area (Å²) < 4.78 is 10.4. The first kappa shape index (κ1) is 17.4. The molecule has 0 radical (unpaired) electrons. The van der Waals surface area contributed by atoms with Crippen molar-refractivity contribution in [3.63, 3.8) is 0 Å². The predicted molar refractivity (Wildman–Crippen MR) is 91.2 cm³/mol. The fourth-order valence-corrected chi connectivity index (χ4v) is 2.37. The summed E-state index contributed by atoms with van der Waals surface area (Å²) in [4.78, 5) is 11.9. The minimum atomic E-state index is -0.220. The second kappa shape index (κ2) is 9.25. The van der Waals surface area contributed by atoms with Crippen molar-refractivity contribution in [3.05, 3.63) is 48.0 Å². The summed E-state index contributed by atoms with van der Waals surface area (Å²) in [7, 11) is 0. The normalized spacial score (nSPS) is 12.3. The molecule has 0 aliphatic heterocycles. The summed E-state index contributed by atoms with van der Waals surface area (Å²) in [5, 5.41) is 5.20. The van der Waals surface area contributed by atoms with Crippen molar-refractivity contribution in [2.75, 3.05) is 33.0 Å². The van der Waals surface area contributed by atoms with E-state index in [2.05, 4.69) is 17.4 Å². The molecule has 0 aliphatic carbocycles. The molecule has 0 fully saturated rings. The average molecular weight is 316 g/mol. The second-order valence-electron chi connectivity index (χ2n) is 5.21. The number of carbonyl (C=O) groups is 1. The standard InChI is InChI=1S/C18H24N2O3/c1-2-22-9-10-23-13-18(21)20-17(12-19)16-8-7-14-5-3-4-6-15(14)11-16/h3-8,11,17H,2,9-10,12-13,19H2,1H3,(H,20,21). The number of ether oxygens (including phenoxy) is 2. The van der Waals surface area contributed by atoms with Gasteiger partial charge < -0.3 is 20.5 Å². The lowest BCUT2D eigenvalue weighted by atomic mass is 10.0. The molecule has 23 heavy (non-hydrogen) atoms. The van der Waals surface area contributed by atoms with Gasteiger partial charge in [0.1, 0.15) is 6.61 Å². The number of rotatable bonds is 9. The smallest absolute Gasteiger partial charge is 0.246 e. The van der Waals surface area contributed by atoms with Gasteiger partial charge >= 0.3 is 0 Å². The maximum Gasteiger partial charge on any atom is 0.246 e. The van der Waals surface area contributed by atoms with Crippen molar-refractivity contribution < 1.29 is 14.3 Å². The molecule has 2 rings (SSSR count). The van der Waals surface area contributed by atoms with Gasteiger partial charge in [-0.15, -0.1) is 0 Å². The lowest BCUT2D eigenvalue weighted by Crippen LogP contribution is -2.35. The topological polar surface area (TPSA) is 73.6 Å². The number of amides is 1. The van der Waals surface area contributed by atoms with Gasteiger partial charge in [0, 0.05) is 13.2 Å². The van der Waals surface area contributed by atoms with Crippen molar-refractivity contribution in [1.29, 1.82) is 0 Å². The van der Waals surface area contributed by atoms with E-state index in [-0.39, 0.29) is 18.6 Å². The van der Waals surface area contributed by atoms with Gasteiger partial charge in [-0.1, -0.05) is 36.4 Å². The van der Waals surface area contributed by atoms with E-state index in [4.69, 9.17) is 15.2 Å². The maximum atomic E-state index is 11.9. The minimum absolute atomic E-state index is 0.0111. The van der Waals surface area contributed by atoms with Gasteiger partial charge in [-0.05, 0) is 29.3 Å². The van der Waals surface area contributed by atoms with Gasteiger partial charge in [-0.3, -0.25) is 4.79 Å². The first-order valence-electron chi connectivity index (χ1n) is 7.88. The Bertz CT molecular complexity index is 630. The third-order valence-electron chi connectivity index (χ3n) is 3.56. The monoisotopic (exact) mass is 316 g/mol. The molecule has 5 nitrogen and oxygen atoms in total. The van der Waals surface area contributed by atoms with Crippen LogP contribution in [0.2, 0.25) is 0 Å². The van der Waals surface area contributed by atoms with E-state index >= 15 is 0 Å². The Balaban J connectivity index is 1.91. The first-order valence-corrected chi connectivity index (χ1v) is 7.88. The van der Waals surface area contributed by atoms with Gasteiger partial charge in [0.25, 0.3) is 0 Å². The molecule has 2 aromatic rings. The van der Waals surface area contributed by atoms with Crippen molar-refractivity contribution in [1.82, 2.24) is 5.32 Å². The van der Waals surface area contributed by atoms with Crippen LogP contribution in [0, 0.1) is 0 Å². The largest absolute Gasteiger partial charge is 0.379 e. The molecule has 0 spiro atoms. The molecular weight excluding hydrogens is 292 g/mol. The van der Waals surface area contributed by atoms with Crippen molar-refractivity contribution >= 4 is 16.7 Å². The van der Waals surface area contributed by atoms with E-state index in [1.54, 1.807) is 0 Å². The molecule has 1 amide bonds. The minimum Gasteiger partial charge on any atom is -0.379 e. The van der Waals surface area contributed by atoms with Crippen LogP contribution >= 0.6 is 0 Å². The van der Waals surface area contributed by atoms with Gasteiger partial charge in [0.05, 0.1) is 19.3 Å². The summed E-state index contributed by atoms with van der Waals surface area (Å²) >= 11 is 0. The Hall–Kier alpha value is -1.95. The molecule has 0 saturated carbocycles. The molecule has 1 atom stereocenters. The number of nitrogens with two attached hydrogens (primary N) is 1. The summed E-state index contributed by atoms with van der Waals surface area (Å²) in [6.07, 6.45) is 0. The molecule has 5 heteroatoms. The SMILES string of the molecule is CCOCCOCC(=O)NC(CN)c1ccc2ccccc2c1. The quantitative estimate of drug-likeness (QED) is 0.694. The number of hydrogen-bond donors (Lipinski definition) is 2. The van der Waals surface area contributed by atoms with E-state index in [0.29, 0.717) is 26.4 Å². The Morgan fingerprint density at radius 2 is 1.87 bits per heavy atom. The zero-order chi connectivity index (χ0) is 16.5. The Labute approximate surface area is 136 Å². The van der Waals surface area contributed by atoms with Crippen LogP contribution in [0.5, 0.6) is 0 Å². The highest BCUT2D eigenvalue weighted by Gasteiger charge is 2.13. The third-order valence-corrected chi connectivity index (χ3v) is 3.56. The van der Waals surface area contributed by atoms with E-state index < -0.39 is 0 Å². The maximum absolute atomic E-state index is 11.9. The molecule has 0 heterocycles. The van der Waals surface area contributed by atoms with Crippen LogP contribution in [0.1, 0.15) is 18.5 Å². The Kier molecular flexibility index (Phi) is 7.00. The molecule has 3 N–H and O–H groups in total. The lowest BCUT2D eigenvalue weighted by molar-refractivity contribution is -0.126. The van der Waals surface area contributed by atoms with Gasteiger partial charge in [0.2, 0.25) is 5.91 Å². The predicted octanol–water partition coefficient (Wildman–Crippen LogP) is 2.01. The number of hydrogen-bond acceptors (Lipinski definition) is 4. The highest BCUT2D eigenvalue weighted by Crippen LogP contribution is 2.20. The molecule has 0 saturated heterocycles. The fraction of sp³-hybridized carbons (Fsp3) is 0.389. The zero-order valence-corrected chi connectivity index (χ0v) is 13.5. The van der Waals surface area contributed by atoms with Crippen LogP contribution in [0.3, 0.4) is 0 Å².